The van der Waals surface area contributed by atoms with E-state index in [4.69, 9.17) is 9.98 Å². The molecule has 6 aromatic rings. The maximum Gasteiger partial charge on any atom is 0.129 e. The van der Waals surface area contributed by atoms with E-state index in [2.05, 4.69) is 155 Å². The number of thioether (sulfide) groups is 2. The van der Waals surface area contributed by atoms with E-state index in [9.17, 15) is 0 Å². The summed E-state index contributed by atoms with van der Waals surface area (Å²) in [4.78, 5) is 10.8. The zero-order valence-corrected chi connectivity index (χ0v) is 29.1. The molecule has 1 saturated heterocycles. The van der Waals surface area contributed by atoms with Crippen molar-refractivity contribution >= 4 is 98.4 Å². The average molecular weight is 737 g/mol. The highest BCUT2D eigenvalue weighted by molar-refractivity contribution is 9.11. The van der Waals surface area contributed by atoms with Crippen molar-refractivity contribution in [1.29, 1.82) is 0 Å². The van der Waals surface area contributed by atoms with E-state index >= 15 is 0 Å². The smallest absolute Gasteiger partial charge is 0.129 e. The Balaban J connectivity index is 1.41. The first-order valence-electron chi connectivity index (χ1n) is 14.5. The summed E-state index contributed by atoms with van der Waals surface area (Å²) >= 11 is 11.3. The lowest BCUT2D eigenvalue weighted by Crippen LogP contribution is -2.14. The van der Waals surface area contributed by atoms with Crippen molar-refractivity contribution in [1.82, 2.24) is 0 Å². The molecule has 6 aromatic carbocycles. The summed E-state index contributed by atoms with van der Waals surface area (Å²) in [6, 6.07) is 38.9. The van der Waals surface area contributed by atoms with Gasteiger partial charge in [0.05, 0.1) is 11.4 Å². The Hall–Kier alpha value is -3.16. The number of rotatable bonds is 4. The number of aryl methyl sites for hydroxylation is 2. The molecule has 0 spiro atoms. The number of hydrogen-bond donors (Lipinski definition) is 0. The van der Waals surface area contributed by atoms with Crippen molar-refractivity contribution < 1.29 is 0 Å². The summed E-state index contributed by atoms with van der Waals surface area (Å²) < 4.78 is 1.97. The molecule has 0 aromatic heterocycles. The molecule has 0 bridgehead atoms. The van der Waals surface area contributed by atoms with Gasteiger partial charge in [-0.15, -0.1) is 23.5 Å². The predicted octanol–water partition coefficient (Wildman–Crippen LogP) is 12.7. The highest BCUT2D eigenvalue weighted by Gasteiger charge is 2.22. The Kier molecular flexibility index (Phi) is 8.52. The lowest BCUT2D eigenvalue weighted by molar-refractivity contribution is 1.40. The van der Waals surface area contributed by atoms with Gasteiger partial charge in [-0.05, 0) is 114 Å². The molecule has 1 aliphatic rings. The molecule has 0 radical (unpaired) electrons. The Morgan fingerprint density at radius 3 is 1.36 bits per heavy atom. The number of nitrogens with zero attached hydrogens (tertiary/aromatic N) is 2. The number of aliphatic imine (C=N–C) groups is 2. The van der Waals surface area contributed by atoms with Crippen molar-refractivity contribution in [2.24, 2.45) is 9.98 Å². The summed E-state index contributed by atoms with van der Waals surface area (Å²) in [5.41, 5.74) is 8.83. The molecule has 2 nitrogen and oxygen atoms in total. The first-order valence-corrected chi connectivity index (χ1v) is 18.0. The van der Waals surface area contributed by atoms with E-state index in [1.165, 1.54) is 43.8 Å². The van der Waals surface area contributed by atoms with Crippen LogP contribution in [-0.2, 0) is 0 Å². The van der Waals surface area contributed by atoms with Crippen LogP contribution in [0.1, 0.15) is 11.1 Å². The fourth-order valence-electron chi connectivity index (χ4n) is 5.79. The third kappa shape index (κ3) is 5.81. The van der Waals surface area contributed by atoms with Gasteiger partial charge in [-0.25, -0.2) is 9.98 Å². The van der Waals surface area contributed by atoms with E-state index in [-0.39, 0.29) is 0 Å². The van der Waals surface area contributed by atoms with Crippen molar-refractivity contribution in [3.8, 4) is 22.3 Å². The predicted molar refractivity (Wildman–Crippen MR) is 203 cm³/mol. The summed E-state index contributed by atoms with van der Waals surface area (Å²) in [5.74, 6) is 1.97. The third-order valence-corrected chi connectivity index (χ3v) is 11.3. The molecule has 1 fully saturated rings. The van der Waals surface area contributed by atoms with Gasteiger partial charge < -0.3 is 0 Å². The number of fused-ring (bicyclic) bond motifs is 2. The molecule has 7 rings (SSSR count). The SMILES string of the molecule is Cc1cc(Br)c(N=C2SCCSC2=Nc2c(Br)cc(C)cc2-c2cccc3ccccc23)c(-c2cccc3ccccc23)c1. The van der Waals surface area contributed by atoms with Gasteiger partial charge in [0.2, 0.25) is 0 Å². The molecule has 6 heteroatoms. The third-order valence-electron chi connectivity index (χ3n) is 7.75. The van der Waals surface area contributed by atoms with Crippen LogP contribution in [0.25, 0.3) is 43.8 Å². The highest BCUT2D eigenvalue weighted by Crippen LogP contribution is 2.44. The summed E-state index contributed by atoms with van der Waals surface area (Å²) in [6.45, 7) is 4.27. The Morgan fingerprint density at radius 2 is 0.909 bits per heavy atom. The summed E-state index contributed by atoms with van der Waals surface area (Å²) in [5, 5.41) is 6.77. The van der Waals surface area contributed by atoms with Crippen LogP contribution in [0.5, 0.6) is 0 Å². The maximum absolute atomic E-state index is 5.38. The largest absolute Gasteiger partial charge is 0.237 e. The maximum atomic E-state index is 5.38. The molecule has 0 atom stereocenters. The van der Waals surface area contributed by atoms with Gasteiger partial charge in [-0.3, -0.25) is 0 Å². The van der Waals surface area contributed by atoms with Crippen LogP contribution >= 0.6 is 55.4 Å². The van der Waals surface area contributed by atoms with Crippen LogP contribution < -0.4 is 0 Å². The first kappa shape index (κ1) is 29.5. The first-order chi connectivity index (χ1) is 21.5. The van der Waals surface area contributed by atoms with Crippen LogP contribution in [0.15, 0.2) is 128 Å². The van der Waals surface area contributed by atoms with Crippen molar-refractivity contribution in [2.45, 2.75) is 13.8 Å². The molecule has 0 unspecified atom stereocenters. The topological polar surface area (TPSA) is 24.7 Å². The monoisotopic (exact) mass is 734 g/mol. The molecule has 0 amide bonds. The van der Waals surface area contributed by atoms with Crippen LogP contribution in [0.3, 0.4) is 0 Å². The second-order valence-corrected chi connectivity index (χ2v) is 14.7. The van der Waals surface area contributed by atoms with Gasteiger partial charge in [0.25, 0.3) is 0 Å². The molecule has 1 heterocycles. The molecule has 0 aliphatic carbocycles. The fraction of sp³-hybridized carbons (Fsp3) is 0.105. The molecule has 0 saturated carbocycles. The van der Waals surface area contributed by atoms with Crippen LogP contribution in [-0.4, -0.2) is 21.6 Å². The van der Waals surface area contributed by atoms with E-state index < -0.39 is 0 Å². The molecule has 1 aliphatic heterocycles. The van der Waals surface area contributed by atoms with Crippen LogP contribution in [0, 0.1) is 13.8 Å². The van der Waals surface area contributed by atoms with Crippen molar-refractivity contribution in [3.05, 3.63) is 129 Å². The molecular formula is C38H28Br2N2S2. The minimum Gasteiger partial charge on any atom is -0.237 e. The van der Waals surface area contributed by atoms with Gasteiger partial charge >= 0.3 is 0 Å². The van der Waals surface area contributed by atoms with Gasteiger partial charge in [0.1, 0.15) is 10.1 Å². The van der Waals surface area contributed by atoms with E-state index in [0.717, 1.165) is 53.0 Å². The van der Waals surface area contributed by atoms with Gasteiger partial charge in [0.15, 0.2) is 0 Å². The molecule has 44 heavy (non-hydrogen) atoms. The van der Waals surface area contributed by atoms with E-state index in [1.807, 2.05) is 0 Å². The normalized spacial score (nSPS) is 15.5. The average Bonchev–Trinajstić information content (AvgIpc) is 3.03. The Labute approximate surface area is 283 Å². The number of benzene rings is 6. The minimum atomic E-state index is 0.932. The Morgan fingerprint density at radius 1 is 0.500 bits per heavy atom. The van der Waals surface area contributed by atoms with Crippen molar-refractivity contribution in [3.63, 3.8) is 0 Å². The second kappa shape index (κ2) is 12.7. The zero-order chi connectivity index (χ0) is 30.2. The quantitative estimate of drug-likeness (QED) is 0.180. The van der Waals surface area contributed by atoms with Gasteiger partial charge in [0, 0.05) is 31.6 Å². The van der Waals surface area contributed by atoms with Crippen molar-refractivity contribution in [2.75, 3.05) is 11.5 Å². The second-order valence-electron chi connectivity index (χ2n) is 10.9. The number of halogens is 2. The lowest BCUT2D eigenvalue weighted by Gasteiger charge is -2.19. The summed E-state index contributed by atoms with van der Waals surface area (Å²) in [6.07, 6.45) is 0. The Bertz CT molecular complexity index is 1970. The van der Waals surface area contributed by atoms with Gasteiger partial charge in [-0.1, -0.05) is 84.9 Å². The van der Waals surface area contributed by atoms with Gasteiger partial charge in [-0.2, -0.15) is 0 Å². The number of hydrogen-bond acceptors (Lipinski definition) is 4. The lowest BCUT2D eigenvalue weighted by atomic mass is 9.96. The molecule has 216 valence electrons. The standard InChI is InChI=1S/C38H28Br2N2S2/c1-23-19-31(29-15-7-11-25-9-3-5-13-27(25)29)35(33(39)21-23)41-37-38(44-18-17-43-37)42-36-32(20-24(2)22-34(36)40)30-16-8-12-26-10-4-6-14-28(26)30/h3-16,19-22H,17-18H2,1-2H3. The summed E-state index contributed by atoms with van der Waals surface area (Å²) in [7, 11) is 0. The zero-order valence-electron chi connectivity index (χ0n) is 24.3. The minimum absolute atomic E-state index is 0.932. The highest BCUT2D eigenvalue weighted by atomic mass is 79.9. The van der Waals surface area contributed by atoms with E-state index in [0.29, 0.717) is 0 Å². The van der Waals surface area contributed by atoms with E-state index in [1.54, 1.807) is 23.5 Å². The fourth-order valence-corrected chi connectivity index (χ4v) is 9.17. The molecular weight excluding hydrogens is 708 g/mol. The van der Waals surface area contributed by atoms with Crippen LogP contribution in [0.2, 0.25) is 0 Å². The molecule has 0 N–H and O–H groups in total. The van der Waals surface area contributed by atoms with Crippen LogP contribution in [0.4, 0.5) is 11.4 Å².